The third-order valence-electron chi connectivity index (χ3n) is 4.60. The van der Waals surface area contributed by atoms with Crippen molar-refractivity contribution in [3.63, 3.8) is 0 Å². The summed E-state index contributed by atoms with van der Waals surface area (Å²) in [5, 5.41) is 20.0. The fourth-order valence-electron chi connectivity index (χ4n) is 2.75. The van der Waals surface area contributed by atoms with Gasteiger partial charge in [-0.25, -0.2) is 0 Å². The highest BCUT2D eigenvalue weighted by molar-refractivity contribution is 6.11. The van der Waals surface area contributed by atoms with Gasteiger partial charge in [0.05, 0.1) is 0 Å². The molecule has 116 valence electrons. The fraction of sp³-hybridized carbons (Fsp3) is 0.316. The van der Waals surface area contributed by atoms with Crippen molar-refractivity contribution in [2.45, 2.75) is 41.5 Å². The predicted molar refractivity (Wildman–Crippen MR) is 88.1 cm³/mol. The van der Waals surface area contributed by atoms with Crippen LogP contribution in [-0.2, 0) is 0 Å². The lowest BCUT2D eigenvalue weighted by molar-refractivity contribution is 0.103. The lowest BCUT2D eigenvalue weighted by Crippen LogP contribution is -2.09. The molecule has 3 nitrogen and oxygen atoms in total. The third-order valence-corrected chi connectivity index (χ3v) is 4.60. The molecule has 0 aliphatic heterocycles. The van der Waals surface area contributed by atoms with E-state index in [1.807, 2.05) is 27.7 Å². The van der Waals surface area contributed by atoms with Crippen molar-refractivity contribution >= 4 is 5.78 Å². The molecule has 2 aromatic carbocycles. The molecule has 0 aliphatic rings. The molecular weight excluding hydrogens is 276 g/mol. The molecule has 2 aromatic rings. The van der Waals surface area contributed by atoms with Gasteiger partial charge in [-0.3, -0.25) is 4.79 Å². The smallest absolute Gasteiger partial charge is 0.193 e. The van der Waals surface area contributed by atoms with E-state index in [-0.39, 0.29) is 17.3 Å². The summed E-state index contributed by atoms with van der Waals surface area (Å²) in [6.07, 6.45) is 0. The average Bonchev–Trinajstić information content (AvgIpc) is 2.49. The first-order chi connectivity index (χ1) is 10.2. The zero-order valence-corrected chi connectivity index (χ0v) is 14.0. The summed E-state index contributed by atoms with van der Waals surface area (Å²) < 4.78 is 0. The Bertz CT molecular complexity index is 721. The van der Waals surface area contributed by atoms with Gasteiger partial charge in [0.25, 0.3) is 0 Å². The quantitative estimate of drug-likeness (QED) is 0.818. The first kappa shape index (κ1) is 16.1. The normalized spacial score (nSPS) is 10.8. The Hall–Kier alpha value is -2.29. The highest BCUT2D eigenvalue weighted by atomic mass is 16.3. The molecule has 22 heavy (non-hydrogen) atoms. The molecule has 0 aliphatic carbocycles. The summed E-state index contributed by atoms with van der Waals surface area (Å²) in [4.78, 5) is 13.0. The number of rotatable bonds is 2. The Labute approximate surface area is 131 Å². The summed E-state index contributed by atoms with van der Waals surface area (Å²) in [5.74, 6) is 0.403. The molecule has 0 saturated heterocycles. The van der Waals surface area contributed by atoms with E-state index in [1.165, 1.54) is 0 Å². The molecule has 0 saturated carbocycles. The number of carbonyl (C=O) groups is 1. The van der Waals surface area contributed by atoms with Crippen molar-refractivity contribution in [1.82, 2.24) is 0 Å². The van der Waals surface area contributed by atoms with E-state index in [2.05, 4.69) is 0 Å². The number of hydrogen-bond donors (Lipinski definition) is 2. The molecule has 0 atom stereocenters. The van der Waals surface area contributed by atoms with Crippen LogP contribution in [0.2, 0.25) is 0 Å². The highest BCUT2D eigenvalue weighted by Crippen LogP contribution is 2.32. The van der Waals surface area contributed by atoms with Crippen LogP contribution in [0.15, 0.2) is 12.1 Å². The molecule has 0 radical (unpaired) electrons. The second-order valence-corrected chi connectivity index (χ2v) is 6.01. The molecule has 2 rings (SSSR count). The van der Waals surface area contributed by atoms with Gasteiger partial charge in [0.2, 0.25) is 0 Å². The van der Waals surface area contributed by atoms with E-state index >= 15 is 0 Å². The summed E-state index contributed by atoms with van der Waals surface area (Å²) in [6, 6.07) is 3.47. The van der Waals surface area contributed by atoms with Gasteiger partial charge in [-0.05, 0) is 87.1 Å². The third kappa shape index (κ3) is 2.37. The van der Waals surface area contributed by atoms with Gasteiger partial charge >= 0.3 is 0 Å². The number of carbonyl (C=O) groups excluding carboxylic acids is 1. The van der Waals surface area contributed by atoms with Gasteiger partial charge in [0.1, 0.15) is 11.5 Å². The van der Waals surface area contributed by atoms with Crippen LogP contribution in [0.1, 0.15) is 49.3 Å². The Balaban J connectivity index is 2.69. The van der Waals surface area contributed by atoms with Crippen LogP contribution in [0.5, 0.6) is 11.5 Å². The Kier molecular flexibility index (Phi) is 4.01. The second-order valence-electron chi connectivity index (χ2n) is 6.01. The van der Waals surface area contributed by atoms with Crippen molar-refractivity contribution in [1.29, 1.82) is 0 Å². The number of aryl methyl sites for hydroxylation is 2. The van der Waals surface area contributed by atoms with E-state index in [0.29, 0.717) is 22.3 Å². The Morgan fingerprint density at radius 2 is 1.00 bits per heavy atom. The first-order valence-electron chi connectivity index (χ1n) is 7.31. The minimum Gasteiger partial charge on any atom is -0.507 e. The maximum Gasteiger partial charge on any atom is 0.193 e. The standard InChI is InChI=1S/C19H22O3/c1-9-7-15(11(3)13(5)17(9)20)19(22)16-8-10(2)18(21)14(6)12(16)4/h7-8,20-21H,1-6H3. The van der Waals surface area contributed by atoms with Crippen LogP contribution in [0, 0.1) is 41.5 Å². The number of ketones is 1. The van der Waals surface area contributed by atoms with E-state index < -0.39 is 0 Å². The molecule has 0 bridgehead atoms. The predicted octanol–water partition coefficient (Wildman–Crippen LogP) is 4.18. The molecule has 2 N–H and O–H groups in total. The number of hydrogen-bond acceptors (Lipinski definition) is 3. The summed E-state index contributed by atoms with van der Waals surface area (Å²) in [6.45, 7) is 10.9. The summed E-state index contributed by atoms with van der Waals surface area (Å²) >= 11 is 0. The zero-order chi connectivity index (χ0) is 16.8. The minimum absolute atomic E-state index is 0.0765. The monoisotopic (exact) mass is 298 g/mol. The van der Waals surface area contributed by atoms with Crippen LogP contribution in [0.25, 0.3) is 0 Å². The van der Waals surface area contributed by atoms with E-state index in [9.17, 15) is 15.0 Å². The van der Waals surface area contributed by atoms with E-state index in [1.54, 1.807) is 26.0 Å². The lowest BCUT2D eigenvalue weighted by Gasteiger charge is -2.16. The number of aromatic hydroxyl groups is 2. The van der Waals surface area contributed by atoms with Gasteiger partial charge in [0, 0.05) is 11.1 Å². The molecule has 0 heterocycles. The Morgan fingerprint density at radius 1 is 0.682 bits per heavy atom. The van der Waals surface area contributed by atoms with Crippen molar-refractivity contribution < 1.29 is 15.0 Å². The van der Waals surface area contributed by atoms with Crippen LogP contribution in [0.3, 0.4) is 0 Å². The topological polar surface area (TPSA) is 57.5 Å². The minimum atomic E-state index is -0.0765. The average molecular weight is 298 g/mol. The number of phenols is 2. The SMILES string of the molecule is Cc1cc(C(=O)c2cc(C)c(O)c(C)c2C)c(C)c(C)c1O. The second kappa shape index (κ2) is 5.48. The molecule has 0 aromatic heterocycles. The largest absolute Gasteiger partial charge is 0.507 e. The first-order valence-corrected chi connectivity index (χ1v) is 7.31. The summed E-state index contributed by atoms with van der Waals surface area (Å²) in [5.41, 5.74) is 5.61. The van der Waals surface area contributed by atoms with Gasteiger partial charge in [0.15, 0.2) is 5.78 Å². The molecule has 0 fully saturated rings. The van der Waals surface area contributed by atoms with Crippen LogP contribution in [-0.4, -0.2) is 16.0 Å². The van der Waals surface area contributed by atoms with Crippen molar-refractivity contribution in [3.05, 3.63) is 56.6 Å². The van der Waals surface area contributed by atoms with Gasteiger partial charge in [-0.1, -0.05) is 0 Å². The number of benzene rings is 2. The van der Waals surface area contributed by atoms with E-state index in [4.69, 9.17) is 0 Å². The van der Waals surface area contributed by atoms with Crippen LogP contribution >= 0.6 is 0 Å². The van der Waals surface area contributed by atoms with Crippen molar-refractivity contribution in [3.8, 4) is 11.5 Å². The highest BCUT2D eigenvalue weighted by Gasteiger charge is 2.20. The molecule has 0 unspecified atom stereocenters. The Morgan fingerprint density at radius 3 is 1.32 bits per heavy atom. The molecule has 3 heteroatoms. The maximum atomic E-state index is 13.0. The van der Waals surface area contributed by atoms with Crippen LogP contribution in [0.4, 0.5) is 0 Å². The van der Waals surface area contributed by atoms with E-state index in [0.717, 1.165) is 22.3 Å². The maximum absolute atomic E-state index is 13.0. The van der Waals surface area contributed by atoms with Crippen molar-refractivity contribution in [2.24, 2.45) is 0 Å². The molecule has 0 spiro atoms. The summed E-state index contributed by atoms with van der Waals surface area (Å²) in [7, 11) is 0. The fourth-order valence-corrected chi connectivity index (χ4v) is 2.75. The lowest BCUT2D eigenvalue weighted by atomic mass is 9.89. The van der Waals surface area contributed by atoms with Gasteiger partial charge < -0.3 is 10.2 Å². The number of phenolic OH excluding ortho intramolecular Hbond substituents is 2. The van der Waals surface area contributed by atoms with Crippen LogP contribution < -0.4 is 0 Å². The van der Waals surface area contributed by atoms with Gasteiger partial charge in [-0.2, -0.15) is 0 Å². The van der Waals surface area contributed by atoms with Gasteiger partial charge in [-0.15, -0.1) is 0 Å². The molecule has 0 amide bonds. The van der Waals surface area contributed by atoms with Crippen molar-refractivity contribution in [2.75, 3.05) is 0 Å². The molecular formula is C19H22O3. The zero-order valence-electron chi connectivity index (χ0n) is 14.0.